The van der Waals surface area contributed by atoms with Crippen LogP contribution in [-0.2, 0) is 10.8 Å². The summed E-state index contributed by atoms with van der Waals surface area (Å²) >= 11 is 0. The topological polar surface area (TPSA) is 8.17 Å². The quantitative estimate of drug-likeness (QED) is 0.178. The molecule has 0 radical (unpaired) electrons. The third-order valence-electron chi connectivity index (χ3n) is 13.2. The van der Waals surface area contributed by atoms with Crippen molar-refractivity contribution in [1.82, 2.24) is 4.57 Å². The van der Waals surface area contributed by atoms with Crippen LogP contribution in [0.15, 0.2) is 176 Å². The second-order valence-corrected chi connectivity index (χ2v) is 16.1. The molecule has 1 aromatic heterocycles. The summed E-state index contributed by atoms with van der Waals surface area (Å²) in [6, 6.07) is 66.2. The molecule has 0 aliphatic heterocycles. The van der Waals surface area contributed by atoms with Crippen molar-refractivity contribution in [2.45, 2.75) is 24.7 Å². The Morgan fingerprint density at radius 1 is 0.382 bits per heavy atom. The highest BCUT2D eigenvalue weighted by Gasteiger charge is 2.52. The molecule has 9 aromatic rings. The smallest absolute Gasteiger partial charge is 0.0727 e. The molecule has 0 saturated heterocycles. The second kappa shape index (κ2) is 10.7. The molecular formula is C53H38N2. The molecule has 1 spiro atoms. The third kappa shape index (κ3) is 3.84. The molecule has 3 aliphatic rings. The predicted molar refractivity (Wildman–Crippen MR) is 229 cm³/mol. The zero-order valence-corrected chi connectivity index (χ0v) is 31.1. The lowest BCUT2D eigenvalue weighted by Crippen LogP contribution is -2.26. The fourth-order valence-corrected chi connectivity index (χ4v) is 10.7. The maximum atomic E-state index is 2.50. The molecule has 0 amide bonds. The molecule has 3 aliphatic carbocycles. The van der Waals surface area contributed by atoms with E-state index < -0.39 is 5.41 Å². The molecule has 12 rings (SSSR count). The molecule has 0 N–H and O–H groups in total. The molecule has 8 aromatic carbocycles. The molecule has 0 saturated carbocycles. The van der Waals surface area contributed by atoms with Crippen LogP contribution in [0.2, 0.25) is 0 Å². The first kappa shape index (κ1) is 30.8. The van der Waals surface area contributed by atoms with E-state index in [2.05, 4.69) is 206 Å². The van der Waals surface area contributed by atoms with Crippen LogP contribution in [0.1, 0.15) is 47.2 Å². The first-order valence-corrected chi connectivity index (χ1v) is 19.4. The van der Waals surface area contributed by atoms with Crippen molar-refractivity contribution in [2.75, 3.05) is 11.9 Å². The predicted octanol–water partition coefficient (Wildman–Crippen LogP) is 13.2. The Labute approximate surface area is 321 Å². The largest absolute Gasteiger partial charge is 0.345 e. The number of para-hydroxylation sites is 2. The molecule has 2 nitrogen and oxygen atoms in total. The van der Waals surface area contributed by atoms with Crippen LogP contribution in [0.4, 0.5) is 11.4 Å². The average Bonchev–Trinajstić information content (AvgIpc) is 3.90. The summed E-state index contributed by atoms with van der Waals surface area (Å²) in [5.41, 5.74) is 21.6. The van der Waals surface area contributed by atoms with Gasteiger partial charge in [-0.2, -0.15) is 0 Å². The molecule has 0 atom stereocenters. The van der Waals surface area contributed by atoms with E-state index in [0.717, 1.165) is 0 Å². The highest BCUT2D eigenvalue weighted by molar-refractivity contribution is 6.09. The van der Waals surface area contributed by atoms with E-state index >= 15 is 0 Å². The van der Waals surface area contributed by atoms with Gasteiger partial charge < -0.3 is 9.47 Å². The van der Waals surface area contributed by atoms with Gasteiger partial charge in [0.2, 0.25) is 0 Å². The van der Waals surface area contributed by atoms with Gasteiger partial charge in [0.05, 0.1) is 16.4 Å². The molecule has 1 heterocycles. The van der Waals surface area contributed by atoms with Crippen LogP contribution in [0.5, 0.6) is 0 Å². The minimum absolute atomic E-state index is 0.0578. The molecule has 55 heavy (non-hydrogen) atoms. The number of aromatic nitrogens is 1. The van der Waals surface area contributed by atoms with E-state index in [1.165, 1.54) is 106 Å². The minimum atomic E-state index is -0.467. The Morgan fingerprint density at radius 2 is 0.800 bits per heavy atom. The van der Waals surface area contributed by atoms with Crippen LogP contribution < -0.4 is 4.90 Å². The number of benzene rings is 8. The zero-order chi connectivity index (χ0) is 36.6. The normalized spacial score (nSPS) is 14.7. The van der Waals surface area contributed by atoms with Gasteiger partial charge in [0, 0.05) is 40.3 Å². The van der Waals surface area contributed by atoms with E-state index in [1.807, 2.05) is 0 Å². The summed E-state index contributed by atoms with van der Waals surface area (Å²) in [4.78, 5) is 2.38. The van der Waals surface area contributed by atoms with Gasteiger partial charge in [-0.25, -0.2) is 0 Å². The number of fused-ring (bicyclic) bond motifs is 16. The summed E-state index contributed by atoms with van der Waals surface area (Å²) in [5, 5.41) is 2.55. The highest BCUT2D eigenvalue weighted by Crippen LogP contribution is 2.63. The molecule has 0 unspecified atom stereocenters. The maximum Gasteiger partial charge on any atom is 0.0727 e. The van der Waals surface area contributed by atoms with Crippen molar-refractivity contribution in [2.24, 2.45) is 0 Å². The molecule has 0 bridgehead atoms. The van der Waals surface area contributed by atoms with E-state index in [-0.39, 0.29) is 5.41 Å². The Morgan fingerprint density at radius 3 is 1.40 bits per heavy atom. The summed E-state index contributed by atoms with van der Waals surface area (Å²) < 4.78 is 2.46. The fourth-order valence-electron chi connectivity index (χ4n) is 10.7. The first-order chi connectivity index (χ1) is 27.0. The van der Waals surface area contributed by atoms with Crippen molar-refractivity contribution in [3.05, 3.63) is 209 Å². The summed E-state index contributed by atoms with van der Waals surface area (Å²) in [5.74, 6) is 0. The van der Waals surface area contributed by atoms with Gasteiger partial charge in [-0.15, -0.1) is 0 Å². The maximum absolute atomic E-state index is 2.50. The van der Waals surface area contributed by atoms with Gasteiger partial charge in [0.25, 0.3) is 0 Å². The van der Waals surface area contributed by atoms with E-state index in [9.17, 15) is 0 Å². The molecule has 0 fully saturated rings. The van der Waals surface area contributed by atoms with Crippen LogP contribution in [0, 0.1) is 0 Å². The number of anilines is 2. The summed E-state index contributed by atoms with van der Waals surface area (Å²) in [6.45, 7) is 4.72. The highest BCUT2D eigenvalue weighted by atomic mass is 15.1. The fraction of sp³-hybridized carbons (Fsp3) is 0.0943. The number of rotatable bonds is 3. The Bertz CT molecular complexity index is 3000. The van der Waals surface area contributed by atoms with Crippen molar-refractivity contribution < 1.29 is 0 Å². The van der Waals surface area contributed by atoms with Gasteiger partial charge >= 0.3 is 0 Å². The van der Waals surface area contributed by atoms with Crippen LogP contribution in [0.3, 0.4) is 0 Å². The van der Waals surface area contributed by atoms with Crippen molar-refractivity contribution >= 4 is 33.2 Å². The molecule has 260 valence electrons. The third-order valence-corrected chi connectivity index (χ3v) is 13.2. The molecule has 2 heteroatoms. The minimum Gasteiger partial charge on any atom is -0.345 e. The average molecular weight is 703 g/mol. The van der Waals surface area contributed by atoms with Gasteiger partial charge in [0.15, 0.2) is 0 Å². The summed E-state index contributed by atoms with van der Waals surface area (Å²) in [6.07, 6.45) is 0. The van der Waals surface area contributed by atoms with Gasteiger partial charge in [0.1, 0.15) is 0 Å². The number of nitrogens with zero attached hydrogens (tertiary/aromatic N) is 2. The first-order valence-electron chi connectivity index (χ1n) is 19.4. The summed E-state index contributed by atoms with van der Waals surface area (Å²) in [7, 11) is 2.23. The monoisotopic (exact) mass is 702 g/mol. The SMILES string of the molecule is CN(c1ccc2c(c1)C(C)(C)c1ccccc1-2)c1ccc2c(c1)C1(c3ccccc3-c3ccccc31)c1cc(-n3c4ccccc4c4ccccc43)ccc1-2. The van der Waals surface area contributed by atoms with Crippen LogP contribution in [-0.4, -0.2) is 11.6 Å². The van der Waals surface area contributed by atoms with Gasteiger partial charge in [-0.05, 0) is 115 Å². The van der Waals surface area contributed by atoms with E-state index in [0.29, 0.717) is 0 Å². The van der Waals surface area contributed by atoms with Crippen molar-refractivity contribution in [3.8, 4) is 39.1 Å². The number of hydrogen-bond acceptors (Lipinski definition) is 1. The van der Waals surface area contributed by atoms with Crippen molar-refractivity contribution in [1.29, 1.82) is 0 Å². The standard InChI is InChI=1S/C53H38N2/c1-52(2)44-19-9-4-14-36(44)39-27-24-33(30-47(39)52)54(3)34-25-28-40-41-29-26-35(55-50-22-12-7-17-42(50)43-18-8-13-23-51(43)55)32-49(41)53(48(40)31-34)45-20-10-5-15-37(45)38-16-6-11-21-46(38)53/h4-32H,1-3H3. The van der Waals surface area contributed by atoms with Gasteiger partial charge in [-0.1, -0.05) is 141 Å². The molecular weight excluding hydrogens is 665 g/mol. The lowest BCUT2D eigenvalue weighted by molar-refractivity contribution is 0.660. The Balaban J connectivity index is 1.08. The number of hydrogen-bond donors (Lipinski definition) is 0. The lowest BCUT2D eigenvalue weighted by Gasteiger charge is -2.32. The van der Waals surface area contributed by atoms with Crippen LogP contribution in [0.25, 0.3) is 60.9 Å². The van der Waals surface area contributed by atoms with Gasteiger partial charge in [-0.3, -0.25) is 0 Å². The Hall–Kier alpha value is -6.64. The lowest BCUT2D eigenvalue weighted by atomic mass is 9.70. The second-order valence-electron chi connectivity index (χ2n) is 16.1. The van der Waals surface area contributed by atoms with E-state index in [1.54, 1.807) is 0 Å². The van der Waals surface area contributed by atoms with E-state index in [4.69, 9.17) is 0 Å². The zero-order valence-electron chi connectivity index (χ0n) is 31.1. The van der Waals surface area contributed by atoms with Crippen LogP contribution >= 0.6 is 0 Å². The Kier molecular flexibility index (Phi) is 6.01. The van der Waals surface area contributed by atoms with Crippen molar-refractivity contribution in [3.63, 3.8) is 0 Å².